The fourth-order valence-electron chi connectivity index (χ4n) is 4.39. The molecule has 0 bridgehead atoms. The fourth-order valence-corrected chi connectivity index (χ4v) is 4.39. The van der Waals surface area contributed by atoms with Crippen molar-refractivity contribution in [1.29, 1.82) is 0 Å². The van der Waals surface area contributed by atoms with E-state index in [1.54, 1.807) is 21.9 Å². The van der Waals surface area contributed by atoms with Crippen molar-refractivity contribution in [2.45, 2.75) is 0 Å². The number of aromatic nitrogens is 6. The molecule has 4 heterocycles. The molecular weight excluding hydrogens is 388 g/mol. The molecule has 2 saturated heterocycles. The number of aliphatic hydroxyl groups is 1. The van der Waals surface area contributed by atoms with E-state index in [1.165, 1.54) is 17.2 Å². The molecule has 154 valence electrons. The van der Waals surface area contributed by atoms with Crippen LogP contribution in [-0.4, -0.2) is 89.5 Å². The number of hydrogen-bond donors (Lipinski definition) is 2. The predicted molar refractivity (Wildman–Crippen MR) is 103 cm³/mol. The number of rotatable bonds is 4. The van der Waals surface area contributed by atoms with Crippen LogP contribution in [0, 0.1) is 11.3 Å². The summed E-state index contributed by atoms with van der Waals surface area (Å²) in [6, 6.07) is 9.10. The van der Waals surface area contributed by atoms with Gasteiger partial charge in [0, 0.05) is 43.1 Å². The van der Waals surface area contributed by atoms with Crippen LogP contribution in [0.2, 0.25) is 0 Å². The van der Waals surface area contributed by atoms with Gasteiger partial charge < -0.3 is 14.9 Å². The highest BCUT2D eigenvalue weighted by Gasteiger charge is 2.54. The number of aliphatic hydroxyl groups excluding tert-OH is 1. The Kier molecular flexibility index (Phi) is 4.31. The molecule has 30 heavy (non-hydrogen) atoms. The number of likely N-dealkylation sites (tertiary alicyclic amines) is 2. The topological polar surface area (TPSA) is 133 Å². The Bertz CT molecular complexity index is 1070. The molecule has 2 aliphatic rings. The van der Waals surface area contributed by atoms with Gasteiger partial charge in [0.1, 0.15) is 12.7 Å². The number of benzene rings is 1. The maximum atomic E-state index is 12.9. The van der Waals surface area contributed by atoms with Crippen LogP contribution in [0.1, 0.15) is 21.0 Å². The molecule has 2 aromatic heterocycles. The van der Waals surface area contributed by atoms with Crippen LogP contribution < -0.4 is 0 Å². The third-order valence-corrected chi connectivity index (χ3v) is 6.00. The van der Waals surface area contributed by atoms with Crippen LogP contribution in [0.4, 0.5) is 0 Å². The summed E-state index contributed by atoms with van der Waals surface area (Å²) in [7, 11) is 0. The summed E-state index contributed by atoms with van der Waals surface area (Å²) in [4.78, 5) is 33.4. The van der Waals surface area contributed by atoms with Gasteiger partial charge in [0.25, 0.3) is 17.8 Å². The smallest absolute Gasteiger partial charge is 0.291 e. The van der Waals surface area contributed by atoms with Crippen LogP contribution in [0.25, 0.3) is 5.95 Å². The van der Waals surface area contributed by atoms with E-state index < -0.39 is 5.41 Å². The Morgan fingerprint density at radius 1 is 1.07 bits per heavy atom. The first-order chi connectivity index (χ1) is 14.6. The second-order valence-corrected chi connectivity index (χ2v) is 7.81. The molecule has 2 N–H and O–H groups in total. The first-order valence-electron chi connectivity index (χ1n) is 9.61. The molecule has 0 spiro atoms. The van der Waals surface area contributed by atoms with Crippen molar-refractivity contribution in [2.75, 3.05) is 32.8 Å². The number of fused-ring (bicyclic) bond motifs is 1. The minimum atomic E-state index is -0.531. The first-order valence-corrected chi connectivity index (χ1v) is 9.61. The summed E-state index contributed by atoms with van der Waals surface area (Å²) >= 11 is 0. The highest BCUT2D eigenvalue weighted by Crippen LogP contribution is 2.42. The second-order valence-electron chi connectivity index (χ2n) is 7.81. The number of H-pyrrole nitrogens is 1. The molecule has 2 aliphatic heterocycles. The van der Waals surface area contributed by atoms with Gasteiger partial charge in [-0.05, 0) is 12.1 Å². The summed E-state index contributed by atoms with van der Waals surface area (Å²) in [6.45, 7) is 1.62. The Morgan fingerprint density at radius 2 is 1.73 bits per heavy atom. The zero-order valence-electron chi connectivity index (χ0n) is 16.0. The van der Waals surface area contributed by atoms with Crippen molar-refractivity contribution in [3.8, 4) is 5.95 Å². The van der Waals surface area contributed by atoms with Gasteiger partial charge in [-0.25, -0.2) is 0 Å². The summed E-state index contributed by atoms with van der Waals surface area (Å²) in [6.07, 6.45) is 2.88. The highest BCUT2D eigenvalue weighted by atomic mass is 16.3. The van der Waals surface area contributed by atoms with Crippen molar-refractivity contribution in [3.63, 3.8) is 0 Å². The van der Waals surface area contributed by atoms with Gasteiger partial charge in [0.15, 0.2) is 0 Å². The van der Waals surface area contributed by atoms with Crippen LogP contribution in [0.15, 0.2) is 43.0 Å². The number of carbonyl (C=O) groups excluding carboxylic acids is 2. The monoisotopic (exact) mass is 408 g/mol. The zero-order chi connectivity index (χ0) is 20.7. The molecule has 11 heteroatoms. The molecule has 0 unspecified atom stereocenters. The number of nitrogens with zero attached hydrogens (tertiary/aromatic N) is 7. The van der Waals surface area contributed by atoms with Gasteiger partial charge in [-0.15, -0.1) is 15.3 Å². The van der Waals surface area contributed by atoms with Gasteiger partial charge in [-0.3, -0.25) is 19.3 Å². The van der Waals surface area contributed by atoms with Gasteiger partial charge >= 0.3 is 0 Å². The van der Waals surface area contributed by atoms with Gasteiger partial charge in [0.2, 0.25) is 5.82 Å². The van der Waals surface area contributed by atoms with E-state index in [4.69, 9.17) is 0 Å². The lowest BCUT2D eigenvalue weighted by molar-refractivity contribution is 0.0661. The van der Waals surface area contributed by atoms with Crippen molar-refractivity contribution in [3.05, 3.63) is 54.4 Å². The van der Waals surface area contributed by atoms with E-state index in [2.05, 4.69) is 25.4 Å². The zero-order valence-corrected chi connectivity index (χ0v) is 16.0. The highest BCUT2D eigenvalue weighted by molar-refractivity contribution is 5.94. The SMILES string of the molecule is O=C(c1ccccc1)N1C[C@@H]2CN(C(=O)c3nc(-n4cnnc4)n[nH]3)C[C@]2(CO)C1. The lowest BCUT2D eigenvalue weighted by Crippen LogP contribution is -2.40. The largest absolute Gasteiger partial charge is 0.396 e. The average molecular weight is 408 g/mol. The summed E-state index contributed by atoms with van der Waals surface area (Å²) in [5.74, 6) is 0.0529. The lowest BCUT2D eigenvalue weighted by Gasteiger charge is -2.27. The predicted octanol–water partition coefficient (Wildman–Crippen LogP) is -0.408. The first kappa shape index (κ1) is 18.4. The van der Waals surface area contributed by atoms with Crippen molar-refractivity contribution in [2.24, 2.45) is 11.3 Å². The number of aromatic amines is 1. The Labute approximate surface area is 171 Å². The third kappa shape index (κ3) is 2.94. The van der Waals surface area contributed by atoms with E-state index in [1.807, 2.05) is 18.2 Å². The Balaban J connectivity index is 1.30. The Hall–Kier alpha value is -3.60. The van der Waals surface area contributed by atoms with Crippen molar-refractivity contribution >= 4 is 11.8 Å². The number of nitrogens with one attached hydrogen (secondary N) is 1. The van der Waals surface area contributed by atoms with E-state index in [9.17, 15) is 14.7 Å². The quantitative estimate of drug-likeness (QED) is 0.600. The molecule has 2 amide bonds. The van der Waals surface area contributed by atoms with Crippen LogP contribution in [-0.2, 0) is 0 Å². The second kappa shape index (κ2) is 7.02. The van der Waals surface area contributed by atoms with Crippen LogP contribution in [0.3, 0.4) is 0 Å². The number of hydrogen-bond acceptors (Lipinski definition) is 7. The van der Waals surface area contributed by atoms with E-state index >= 15 is 0 Å². The molecule has 2 atom stereocenters. The van der Waals surface area contributed by atoms with Crippen LogP contribution in [0.5, 0.6) is 0 Å². The summed E-state index contributed by atoms with van der Waals surface area (Å²) < 4.78 is 1.49. The van der Waals surface area contributed by atoms with Crippen molar-refractivity contribution < 1.29 is 14.7 Å². The molecule has 2 fully saturated rings. The maximum absolute atomic E-state index is 12.9. The Morgan fingerprint density at radius 3 is 2.37 bits per heavy atom. The molecule has 0 saturated carbocycles. The van der Waals surface area contributed by atoms with Gasteiger partial charge in [-0.2, -0.15) is 4.98 Å². The van der Waals surface area contributed by atoms with Gasteiger partial charge in [0.05, 0.1) is 6.61 Å². The standard InChI is InChI=1S/C19H20N8O3/c28-10-19-8-25(16(29)13-4-2-1-3-5-13)6-14(19)7-26(9-19)17(30)15-22-18(24-23-15)27-11-20-21-12-27/h1-5,11-12,14,28H,6-10H2,(H,22,23,24)/t14-,19+/m1/s1. The summed E-state index contributed by atoms with van der Waals surface area (Å²) in [5.41, 5.74) is 0.0960. The molecule has 5 rings (SSSR count). The number of amides is 2. The minimum Gasteiger partial charge on any atom is -0.396 e. The molecular formula is C19H20N8O3. The molecule has 11 nitrogen and oxygen atoms in total. The van der Waals surface area contributed by atoms with Crippen LogP contribution >= 0.6 is 0 Å². The average Bonchev–Trinajstić information content (AvgIpc) is 3.55. The molecule has 0 radical (unpaired) electrons. The molecule has 3 aromatic rings. The summed E-state index contributed by atoms with van der Waals surface area (Å²) in [5, 5.41) is 24.2. The van der Waals surface area contributed by atoms with Gasteiger partial charge in [-0.1, -0.05) is 18.2 Å². The minimum absolute atomic E-state index is 0.000599. The molecule has 1 aromatic carbocycles. The third-order valence-electron chi connectivity index (χ3n) is 6.00. The maximum Gasteiger partial charge on any atom is 0.291 e. The van der Waals surface area contributed by atoms with E-state index in [0.29, 0.717) is 31.7 Å². The molecule has 0 aliphatic carbocycles. The number of carbonyl (C=O) groups is 2. The lowest BCUT2D eigenvalue weighted by atomic mass is 9.82. The van der Waals surface area contributed by atoms with E-state index in [0.717, 1.165) is 0 Å². The fraction of sp³-hybridized carbons (Fsp3) is 0.368. The van der Waals surface area contributed by atoms with E-state index in [-0.39, 0.29) is 36.1 Å². The normalized spacial score (nSPS) is 23.0. The van der Waals surface area contributed by atoms with Crippen molar-refractivity contribution in [1.82, 2.24) is 39.7 Å².